The Kier molecular flexibility index (Phi) is 2.49. The van der Waals surface area contributed by atoms with Gasteiger partial charge in [0.05, 0.1) is 11.7 Å². The molecule has 80 valence electrons. The first kappa shape index (κ1) is 10.2. The summed E-state index contributed by atoms with van der Waals surface area (Å²) in [5, 5.41) is 0. The highest BCUT2D eigenvalue weighted by Crippen LogP contribution is 2.31. The number of hydrogen-bond donors (Lipinski definition) is 0. The van der Waals surface area contributed by atoms with Gasteiger partial charge in [-0.25, -0.2) is 4.79 Å². The van der Waals surface area contributed by atoms with Gasteiger partial charge in [-0.15, -0.1) is 6.58 Å². The van der Waals surface area contributed by atoms with E-state index in [9.17, 15) is 4.79 Å². The first-order valence-corrected chi connectivity index (χ1v) is 4.98. The maximum atomic E-state index is 11.5. The highest BCUT2D eigenvalue weighted by Gasteiger charge is 2.39. The summed E-state index contributed by atoms with van der Waals surface area (Å²) in [4.78, 5) is 11.5. The van der Waals surface area contributed by atoms with Crippen LogP contribution in [-0.2, 0) is 14.3 Å². The molecule has 0 N–H and O–H groups in total. The van der Waals surface area contributed by atoms with Gasteiger partial charge in [-0.3, -0.25) is 0 Å². The minimum atomic E-state index is -0.294. The van der Waals surface area contributed by atoms with Crippen LogP contribution >= 0.6 is 0 Å². The lowest BCUT2D eigenvalue weighted by Gasteiger charge is -2.23. The van der Waals surface area contributed by atoms with Crippen molar-refractivity contribution in [3.63, 3.8) is 0 Å². The van der Waals surface area contributed by atoms with E-state index in [1.165, 1.54) is 0 Å². The molecule has 0 aromatic rings. The molecule has 1 saturated heterocycles. The van der Waals surface area contributed by atoms with Crippen molar-refractivity contribution < 1.29 is 14.3 Å². The zero-order valence-corrected chi connectivity index (χ0v) is 8.73. The molecule has 0 bridgehead atoms. The summed E-state index contributed by atoms with van der Waals surface area (Å²) >= 11 is 0. The predicted molar refractivity (Wildman–Crippen MR) is 56.3 cm³/mol. The van der Waals surface area contributed by atoms with E-state index in [2.05, 4.69) is 13.2 Å². The molecule has 3 heteroatoms. The minimum absolute atomic E-state index is 0.0199. The van der Waals surface area contributed by atoms with Crippen molar-refractivity contribution in [1.82, 2.24) is 0 Å². The van der Waals surface area contributed by atoms with Crippen molar-refractivity contribution in [2.45, 2.75) is 31.7 Å². The smallest absolute Gasteiger partial charge is 0.338 e. The van der Waals surface area contributed by atoms with Crippen LogP contribution in [-0.4, -0.2) is 24.3 Å². The summed E-state index contributed by atoms with van der Waals surface area (Å²) in [5.41, 5.74) is 1.24. The van der Waals surface area contributed by atoms with Crippen LogP contribution in [0.15, 0.2) is 36.5 Å². The number of carbonyl (C=O) groups is 1. The lowest BCUT2D eigenvalue weighted by molar-refractivity contribution is -0.147. The van der Waals surface area contributed by atoms with Crippen molar-refractivity contribution >= 4 is 5.97 Å². The Morgan fingerprint density at radius 1 is 1.67 bits per heavy atom. The molecule has 0 aliphatic carbocycles. The first-order valence-electron chi connectivity index (χ1n) is 4.98. The molecule has 15 heavy (non-hydrogen) atoms. The topological polar surface area (TPSA) is 35.5 Å². The van der Waals surface area contributed by atoms with Crippen LogP contribution in [0.5, 0.6) is 0 Å². The van der Waals surface area contributed by atoms with Crippen molar-refractivity contribution in [3.8, 4) is 0 Å². The average Bonchev–Trinajstić information content (AvgIpc) is 2.58. The average molecular weight is 206 g/mol. The molecule has 2 aliphatic rings. The second-order valence-electron chi connectivity index (χ2n) is 3.91. The van der Waals surface area contributed by atoms with Gasteiger partial charge in [0.25, 0.3) is 0 Å². The zero-order valence-electron chi connectivity index (χ0n) is 8.73. The van der Waals surface area contributed by atoms with E-state index in [0.29, 0.717) is 17.6 Å². The summed E-state index contributed by atoms with van der Waals surface area (Å²) in [7, 11) is 0. The Bertz CT molecular complexity index is 354. The highest BCUT2D eigenvalue weighted by atomic mass is 16.6. The third-order valence-corrected chi connectivity index (χ3v) is 2.69. The Morgan fingerprint density at radius 2 is 2.40 bits per heavy atom. The fourth-order valence-electron chi connectivity index (χ4n) is 1.87. The molecule has 2 aliphatic heterocycles. The van der Waals surface area contributed by atoms with Crippen molar-refractivity contribution in [3.05, 3.63) is 36.5 Å². The Morgan fingerprint density at radius 3 is 3.00 bits per heavy atom. The second-order valence-corrected chi connectivity index (χ2v) is 3.91. The molecule has 0 aromatic heterocycles. The Labute approximate surface area is 89.1 Å². The van der Waals surface area contributed by atoms with E-state index in [0.717, 1.165) is 0 Å². The third kappa shape index (κ3) is 1.75. The van der Waals surface area contributed by atoms with Gasteiger partial charge in [-0.1, -0.05) is 12.7 Å². The molecular weight excluding hydrogens is 192 g/mol. The van der Waals surface area contributed by atoms with Gasteiger partial charge < -0.3 is 9.47 Å². The fourth-order valence-corrected chi connectivity index (χ4v) is 1.87. The Balaban J connectivity index is 2.23. The fraction of sp³-hybridized carbons (Fsp3) is 0.417. The number of fused-ring (bicyclic) bond motifs is 1. The van der Waals surface area contributed by atoms with Gasteiger partial charge in [-0.05, 0) is 18.6 Å². The van der Waals surface area contributed by atoms with Crippen molar-refractivity contribution in [2.24, 2.45) is 0 Å². The lowest BCUT2D eigenvalue weighted by Crippen LogP contribution is -2.32. The van der Waals surface area contributed by atoms with Crippen LogP contribution in [0.4, 0.5) is 0 Å². The number of hydrogen-bond acceptors (Lipinski definition) is 3. The van der Waals surface area contributed by atoms with E-state index in [1.807, 2.05) is 6.08 Å². The quantitative estimate of drug-likeness (QED) is 0.510. The lowest BCUT2D eigenvalue weighted by atomic mass is 10.0. The number of esters is 1. The molecular formula is C12H14O3. The number of ether oxygens (including phenoxy) is 2. The second kappa shape index (κ2) is 3.66. The van der Waals surface area contributed by atoms with Gasteiger partial charge in [-0.2, -0.15) is 0 Å². The molecule has 0 unspecified atom stereocenters. The maximum absolute atomic E-state index is 11.5. The van der Waals surface area contributed by atoms with Gasteiger partial charge >= 0.3 is 5.97 Å². The molecule has 2 rings (SSSR count). The van der Waals surface area contributed by atoms with Crippen LogP contribution in [0.25, 0.3) is 0 Å². The third-order valence-electron chi connectivity index (χ3n) is 2.69. The molecule has 0 aromatic carbocycles. The molecule has 0 amide bonds. The first-order chi connectivity index (χ1) is 7.11. The summed E-state index contributed by atoms with van der Waals surface area (Å²) in [6.07, 6.45) is 3.91. The molecule has 0 spiro atoms. The van der Waals surface area contributed by atoms with Gasteiger partial charge in [0, 0.05) is 6.42 Å². The van der Waals surface area contributed by atoms with Crippen LogP contribution in [0, 0.1) is 0 Å². The van der Waals surface area contributed by atoms with Gasteiger partial charge in [0.2, 0.25) is 0 Å². The molecule has 2 heterocycles. The highest BCUT2D eigenvalue weighted by molar-refractivity contribution is 5.94. The molecule has 3 atom stereocenters. The molecule has 0 saturated carbocycles. The molecule has 3 nitrogen and oxygen atoms in total. The zero-order chi connectivity index (χ0) is 11.0. The van der Waals surface area contributed by atoms with Crippen LogP contribution in [0.3, 0.4) is 0 Å². The predicted octanol–water partition coefficient (Wildman–Crippen LogP) is 1.76. The molecule has 0 radical (unpaired) electrons. The monoisotopic (exact) mass is 206 g/mol. The van der Waals surface area contributed by atoms with E-state index >= 15 is 0 Å². The SMILES string of the molecule is C=C[C@@H]1C[C@@H]2OC(=O)C(C(=C)C)=C[C@@H]2O1. The van der Waals surface area contributed by atoms with E-state index in [4.69, 9.17) is 9.47 Å². The van der Waals surface area contributed by atoms with Gasteiger partial charge in [0.1, 0.15) is 12.2 Å². The minimum Gasteiger partial charge on any atom is -0.456 e. The van der Waals surface area contributed by atoms with Crippen molar-refractivity contribution in [2.75, 3.05) is 0 Å². The van der Waals surface area contributed by atoms with Crippen LogP contribution in [0.1, 0.15) is 13.3 Å². The number of rotatable bonds is 2. The summed E-state index contributed by atoms with van der Waals surface area (Å²) < 4.78 is 10.9. The maximum Gasteiger partial charge on any atom is 0.338 e. The Hall–Kier alpha value is -1.35. The van der Waals surface area contributed by atoms with Crippen molar-refractivity contribution in [1.29, 1.82) is 0 Å². The summed E-state index contributed by atoms with van der Waals surface area (Å²) in [5.74, 6) is -0.294. The molecule has 1 fully saturated rings. The van der Waals surface area contributed by atoms with Crippen LogP contribution < -0.4 is 0 Å². The van der Waals surface area contributed by atoms with E-state index in [-0.39, 0.29) is 24.3 Å². The summed E-state index contributed by atoms with van der Waals surface area (Å²) in [6, 6.07) is 0. The number of carbonyl (C=O) groups excluding carboxylic acids is 1. The largest absolute Gasteiger partial charge is 0.456 e. The normalized spacial score (nSPS) is 34.1. The van der Waals surface area contributed by atoms with E-state index < -0.39 is 0 Å². The standard InChI is InChI=1S/C12H14O3/c1-4-8-5-10-11(14-8)6-9(7(2)3)12(13)15-10/h4,6,8,10-11H,1-2,5H2,3H3/t8-,10+,11+/m1/s1. The van der Waals surface area contributed by atoms with E-state index in [1.54, 1.807) is 13.0 Å². The summed E-state index contributed by atoms with van der Waals surface area (Å²) in [6.45, 7) is 9.19. The van der Waals surface area contributed by atoms with Gasteiger partial charge in [0.15, 0.2) is 0 Å². The van der Waals surface area contributed by atoms with Crippen LogP contribution in [0.2, 0.25) is 0 Å².